The van der Waals surface area contributed by atoms with Crippen LogP contribution in [0, 0.1) is 0 Å². The Morgan fingerprint density at radius 3 is 2.72 bits per heavy atom. The van der Waals surface area contributed by atoms with Gasteiger partial charge < -0.3 is 25.6 Å². The van der Waals surface area contributed by atoms with Crippen LogP contribution in [0.5, 0.6) is 5.75 Å². The fraction of sp³-hybridized carbons (Fsp3) is 0.240. The van der Waals surface area contributed by atoms with Gasteiger partial charge in [-0.3, -0.25) is 4.79 Å². The number of alkyl halides is 2. The summed E-state index contributed by atoms with van der Waals surface area (Å²) in [6.07, 6.45) is 2.82. The van der Waals surface area contributed by atoms with Gasteiger partial charge in [-0.05, 0) is 29.8 Å². The summed E-state index contributed by atoms with van der Waals surface area (Å²) < 4.78 is 31.1. The number of carbonyl (C=O) groups is 1. The second-order valence-corrected chi connectivity index (χ2v) is 8.35. The van der Waals surface area contributed by atoms with Crippen molar-refractivity contribution in [1.29, 1.82) is 0 Å². The molecule has 1 aliphatic rings. The van der Waals surface area contributed by atoms with Crippen LogP contribution in [0.15, 0.2) is 61.3 Å². The van der Waals surface area contributed by atoms with E-state index in [1.54, 1.807) is 18.2 Å². The highest BCUT2D eigenvalue weighted by atomic mass is 35.5. The summed E-state index contributed by atoms with van der Waals surface area (Å²) in [7, 11) is 0. The number of aromatic nitrogens is 2. The highest BCUT2D eigenvalue weighted by molar-refractivity contribution is 6.32. The Labute approximate surface area is 212 Å². The van der Waals surface area contributed by atoms with Crippen LogP contribution in [-0.2, 0) is 11.2 Å². The molecule has 188 valence electrons. The molecular formula is C25H25ClF2N6O2. The van der Waals surface area contributed by atoms with Crippen molar-refractivity contribution in [2.24, 2.45) is 0 Å². The van der Waals surface area contributed by atoms with Crippen LogP contribution in [0.3, 0.4) is 0 Å². The zero-order valence-electron chi connectivity index (χ0n) is 19.3. The zero-order valence-corrected chi connectivity index (χ0v) is 20.1. The fourth-order valence-electron chi connectivity index (χ4n) is 3.75. The van der Waals surface area contributed by atoms with Gasteiger partial charge in [0.1, 0.15) is 5.02 Å². The summed E-state index contributed by atoms with van der Waals surface area (Å²) in [4.78, 5) is 22.5. The maximum absolute atomic E-state index is 13.2. The number of ketones is 1. The summed E-state index contributed by atoms with van der Waals surface area (Å²) in [6.45, 7) is 3.65. The Morgan fingerprint density at radius 2 is 1.97 bits per heavy atom. The quantitative estimate of drug-likeness (QED) is 0.328. The number of nitrogens with zero attached hydrogens (tertiary/aromatic N) is 3. The van der Waals surface area contributed by atoms with E-state index in [4.69, 9.17) is 16.3 Å². The number of allylic oxidation sites excluding steroid dienone is 1. The van der Waals surface area contributed by atoms with E-state index >= 15 is 0 Å². The second kappa shape index (κ2) is 11.8. The predicted octanol–water partition coefficient (Wildman–Crippen LogP) is 4.93. The summed E-state index contributed by atoms with van der Waals surface area (Å²) >= 11 is 6.31. The third-order valence-corrected chi connectivity index (χ3v) is 5.79. The molecule has 3 aromatic rings. The van der Waals surface area contributed by atoms with E-state index in [-0.39, 0.29) is 40.4 Å². The molecule has 2 heterocycles. The minimum Gasteiger partial charge on any atom is -0.433 e. The molecule has 0 bridgehead atoms. The second-order valence-electron chi connectivity index (χ2n) is 7.94. The molecule has 36 heavy (non-hydrogen) atoms. The molecule has 0 radical (unpaired) electrons. The first-order valence-corrected chi connectivity index (χ1v) is 11.6. The van der Waals surface area contributed by atoms with Crippen molar-refractivity contribution in [3.63, 3.8) is 0 Å². The SMILES string of the molecule is C=CC(=O)Cc1ccccc1Nc1nc(Nc2ccc(N3CCNCC3)cc2OC(F)F)ncc1Cl. The van der Waals surface area contributed by atoms with E-state index in [2.05, 4.69) is 37.4 Å². The highest BCUT2D eigenvalue weighted by Crippen LogP contribution is 2.34. The van der Waals surface area contributed by atoms with Crippen LogP contribution in [0.4, 0.5) is 37.6 Å². The van der Waals surface area contributed by atoms with Gasteiger partial charge in [-0.2, -0.15) is 13.8 Å². The molecular weight excluding hydrogens is 490 g/mol. The molecule has 1 aromatic heterocycles. The van der Waals surface area contributed by atoms with Crippen molar-refractivity contribution in [2.75, 3.05) is 41.7 Å². The lowest BCUT2D eigenvalue weighted by Crippen LogP contribution is -2.43. The topological polar surface area (TPSA) is 91.4 Å². The third kappa shape index (κ3) is 6.46. The number of nitrogens with one attached hydrogen (secondary N) is 3. The van der Waals surface area contributed by atoms with Gasteiger partial charge in [-0.25, -0.2) is 4.98 Å². The van der Waals surface area contributed by atoms with Gasteiger partial charge in [0.15, 0.2) is 17.4 Å². The Bertz CT molecular complexity index is 1240. The Morgan fingerprint density at radius 1 is 1.19 bits per heavy atom. The van der Waals surface area contributed by atoms with Crippen molar-refractivity contribution < 1.29 is 18.3 Å². The number of halogens is 3. The first kappa shape index (κ1) is 25.3. The lowest BCUT2D eigenvalue weighted by atomic mass is 10.1. The van der Waals surface area contributed by atoms with Crippen molar-refractivity contribution >= 4 is 46.2 Å². The van der Waals surface area contributed by atoms with Gasteiger partial charge in [0, 0.05) is 50.0 Å². The van der Waals surface area contributed by atoms with E-state index in [1.807, 2.05) is 24.3 Å². The lowest BCUT2D eigenvalue weighted by Gasteiger charge is -2.30. The number of anilines is 5. The van der Waals surface area contributed by atoms with Crippen molar-refractivity contribution in [2.45, 2.75) is 13.0 Å². The largest absolute Gasteiger partial charge is 0.433 e. The smallest absolute Gasteiger partial charge is 0.387 e. The minimum atomic E-state index is -3.00. The number of hydrogen-bond acceptors (Lipinski definition) is 8. The highest BCUT2D eigenvalue weighted by Gasteiger charge is 2.17. The maximum Gasteiger partial charge on any atom is 0.387 e. The average Bonchev–Trinajstić information content (AvgIpc) is 2.88. The van der Waals surface area contributed by atoms with E-state index in [0.29, 0.717) is 5.69 Å². The van der Waals surface area contributed by atoms with Crippen molar-refractivity contribution in [1.82, 2.24) is 15.3 Å². The number of hydrogen-bond donors (Lipinski definition) is 3. The Balaban J connectivity index is 1.58. The molecule has 8 nitrogen and oxygen atoms in total. The molecule has 0 saturated carbocycles. The third-order valence-electron chi connectivity index (χ3n) is 5.52. The minimum absolute atomic E-state index is 0.0256. The zero-order chi connectivity index (χ0) is 25.5. The number of rotatable bonds is 10. The van der Waals surface area contributed by atoms with Gasteiger partial charge in [-0.15, -0.1) is 0 Å². The monoisotopic (exact) mass is 514 g/mol. The van der Waals surface area contributed by atoms with E-state index < -0.39 is 6.61 Å². The van der Waals surface area contributed by atoms with E-state index in [1.165, 1.54) is 12.3 Å². The van der Waals surface area contributed by atoms with Crippen LogP contribution < -0.4 is 25.6 Å². The van der Waals surface area contributed by atoms with E-state index in [9.17, 15) is 13.6 Å². The molecule has 0 spiro atoms. The van der Waals surface area contributed by atoms with Crippen molar-refractivity contribution in [3.05, 3.63) is 71.9 Å². The van der Waals surface area contributed by atoms with Gasteiger partial charge in [0.05, 0.1) is 11.9 Å². The lowest BCUT2D eigenvalue weighted by molar-refractivity contribution is -0.114. The Hall–Kier alpha value is -3.76. The summed E-state index contributed by atoms with van der Waals surface area (Å²) in [5.41, 5.74) is 2.44. The van der Waals surface area contributed by atoms with Crippen LogP contribution in [0.25, 0.3) is 0 Å². The summed E-state index contributed by atoms with van der Waals surface area (Å²) in [5.74, 6) is 0.246. The Kier molecular flexibility index (Phi) is 8.29. The van der Waals surface area contributed by atoms with Crippen LogP contribution in [0.1, 0.15) is 5.56 Å². The molecule has 2 aromatic carbocycles. The number of para-hydroxylation sites is 1. The standard InChI is InChI=1S/C25H25ClF2N6O2/c1-2-18(35)13-16-5-3-4-6-20(16)31-23-19(26)15-30-25(33-23)32-21-8-7-17(14-22(21)36-24(27)28)34-11-9-29-10-12-34/h2-8,14-15,24,29H,1,9-13H2,(H2,30,31,32,33). The summed E-state index contributed by atoms with van der Waals surface area (Å²) in [5, 5.41) is 9.56. The molecule has 1 saturated heterocycles. The molecule has 0 amide bonds. The molecule has 0 aliphatic carbocycles. The van der Waals surface area contributed by atoms with Crippen LogP contribution in [-0.4, -0.2) is 48.5 Å². The first-order valence-electron chi connectivity index (χ1n) is 11.3. The molecule has 1 fully saturated rings. The molecule has 0 atom stereocenters. The van der Waals surface area contributed by atoms with Gasteiger partial charge in [0.2, 0.25) is 5.95 Å². The number of piperazine rings is 1. The van der Waals surface area contributed by atoms with Crippen molar-refractivity contribution in [3.8, 4) is 5.75 Å². The number of carbonyl (C=O) groups excluding carboxylic acids is 1. The predicted molar refractivity (Wildman–Crippen MR) is 137 cm³/mol. The van der Waals surface area contributed by atoms with Gasteiger partial charge >= 0.3 is 6.61 Å². The molecule has 11 heteroatoms. The van der Waals surface area contributed by atoms with Gasteiger partial charge in [-0.1, -0.05) is 36.4 Å². The fourth-order valence-corrected chi connectivity index (χ4v) is 3.89. The molecule has 1 aliphatic heterocycles. The normalized spacial score (nSPS) is 13.4. The summed E-state index contributed by atoms with van der Waals surface area (Å²) in [6, 6.07) is 12.3. The van der Waals surface area contributed by atoms with Crippen LogP contribution >= 0.6 is 11.6 Å². The van der Waals surface area contributed by atoms with E-state index in [0.717, 1.165) is 37.4 Å². The molecule has 3 N–H and O–H groups in total. The van der Waals surface area contributed by atoms with Crippen LogP contribution in [0.2, 0.25) is 5.02 Å². The average molecular weight is 515 g/mol. The molecule has 4 rings (SSSR count). The molecule has 0 unspecified atom stereocenters. The number of benzene rings is 2. The first-order chi connectivity index (χ1) is 17.4. The van der Waals surface area contributed by atoms with Gasteiger partial charge in [0.25, 0.3) is 0 Å². The number of ether oxygens (including phenoxy) is 1. The maximum atomic E-state index is 13.2.